The molecule has 0 unspecified atom stereocenters. The Bertz CT molecular complexity index is 3790. The minimum atomic E-state index is -0.227. The van der Waals surface area contributed by atoms with Crippen LogP contribution in [0.5, 0.6) is 23.0 Å². The Kier molecular flexibility index (Phi) is 8.71. The van der Waals surface area contributed by atoms with E-state index < -0.39 is 0 Å². The van der Waals surface area contributed by atoms with Gasteiger partial charge < -0.3 is 29.1 Å². The highest BCUT2D eigenvalue weighted by atomic mass is 16.5. The molecule has 10 aromatic carbocycles. The third-order valence-corrected chi connectivity index (χ3v) is 15.3. The lowest BCUT2D eigenvalue weighted by atomic mass is 9.30. The number of rotatable bonds is 6. The van der Waals surface area contributed by atoms with Gasteiger partial charge in [-0.05, 0) is 147 Å². The summed E-state index contributed by atoms with van der Waals surface area (Å²) < 4.78 is 14.9. The van der Waals surface area contributed by atoms with Crippen molar-refractivity contribution in [3.05, 3.63) is 230 Å². The molecule has 5 aliphatic rings. The molecule has 0 atom stereocenters. The molecule has 0 amide bonds. The zero-order chi connectivity index (χ0) is 47.8. The molecule has 8 heteroatoms. The third kappa shape index (κ3) is 5.93. The molecule has 0 spiro atoms. The van der Waals surface area contributed by atoms with E-state index in [1.54, 1.807) is 0 Å². The zero-order valence-corrected chi connectivity index (χ0v) is 40.1. The zero-order valence-electron chi connectivity index (χ0n) is 40.1. The molecule has 5 heterocycles. The highest BCUT2D eigenvalue weighted by Crippen LogP contribution is 2.51. The number of benzene rings is 10. The average Bonchev–Trinajstić information content (AvgIpc) is 3.42. The smallest absolute Gasteiger partial charge is 0.261 e. The van der Waals surface area contributed by atoms with Crippen molar-refractivity contribution in [1.29, 1.82) is 0 Å². The normalized spacial score (nSPS) is 13.8. The van der Waals surface area contributed by atoms with Crippen LogP contribution in [-0.4, -0.2) is 13.4 Å². The number of anilines is 12. The molecular weight excluding hydrogens is 878 g/mol. The molecular formula is C64H46B2N4O2. The van der Waals surface area contributed by atoms with Gasteiger partial charge >= 0.3 is 0 Å². The van der Waals surface area contributed by atoms with Crippen molar-refractivity contribution in [2.75, 3.05) is 19.6 Å². The van der Waals surface area contributed by atoms with E-state index >= 15 is 0 Å². The summed E-state index contributed by atoms with van der Waals surface area (Å²) in [5.74, 6) is 3.23. The van der Waals surface area contributed by atoms with Gasteiger partial charge in [-0.15, -0.1) is 0 Å². The fraction of sp³-hybridized carbons (Fsp3) is 0.0625. The molecule has 15 rings (SSSR count). The molecule has 10 aromatic rings. The Morgan fingerprint density at radius 1 is 0.333 bits per heavy atom. The van der Waals surface area contributed by atoms with Crippen LogP contribution in [0.2, 0.25) is 0 Å². The number of para-hydroxylation sites is 5. The van der Waals surface area contributed by atoms with Crippen LogP contribution < -0.4 is 61.9 Å². The first kappa shape index (κ1) is 41.0. The Balaban J connectivity index is 1.09. The van der Waals surface area contributed by atoms with Gasteiger partial charge in [0.05, 0.1) is 5.69 Å². The molecule has 340 valence electrons. The molecule has 0 saturated heterocycles. The minimum absolute atomic E-state index is 0.158. The van der Waals surface area contributed by atoms with Crippen molar-refractivity contribution in [3.63, 3.8) is 0 Å². The van der Waals surface area contributed by atoms with Gasteiger partial charge in [0.1, 0.15) is 23.0 Å². The number of ether oxygens (including phenoxy) is 2. The maximum atomic E-state index is 7.57. The summed E-state index contributed by atoms with van der Waals surface area (Å²) in [6, 6.07) is 81.5. The van der Waals surface area contributed by atoms with Gasteiger partial charge in [0.2, 0.25) is 0 Å². The molecule has 0 fully saturated rings. The largest absolute Gasteiger partial charge is 0.458 e. The first-order valence-corrected chi connectivity index (χ1v) is 25.0. The van der Waals surface area contributed by atoms with Crippen molar-refractivity contribution in [2.45, 2.75) is 26.2 Å². The summed E-state index contributed by atoms with van der Waals surface area (Å²) >= 11 is 0. The molecule has 0 aromatic heterocycles. The van der Waals surface area contributed by atoms with Gasteiger partial charge in [0, 0.05) is 74.1 Å². The van der Waals surface area contributed by atoms with Crippen molar-refractivity contribution < 1.29 is 9.47 Å². The average molecular weight is 925 g/mol. The Morgan fingerprint density at radius 2 is 0.750 bits per heavy atom. The van der Waals surface area contributed by atoms with E-state index in [1.165, 1.54) is 33.3 Å². The highest BCUT2D eigenvalue weighted by Gasteiger charge is 2.50. The van der Waals surface area contributed by atoms with E-state index in [1.807, 2.05) is 0 Å². The number of nitrogens with zero attached hydrogens (tertiary/aromatic N) is 4. The quantitative estimate of drug-likeness (QED) is 0.155. The predicted molar refractivity (Wildman–Crippen MR) is 300 cm³/mol. The van der Waals surface area contributed by atoms with Crippen LogP contribution in [0.15, 0.2) is 224 Å². The molecule has 2 bridgehead atoms. The summed E-state index contributed by atoms with van der Waals surface area (Å²) in [6.45, 7) is 6.59. The van der Waals surface area contributed by atoms with Gasteiger partial charge in [0.15, 0.2) is 0 Å². The van der Waals surface area contributed by atoms with Crippen LogP contribution in [0.3, 0.4) is 0 Å². The second-order valence-electron chi connectivity index (χ2n) is 20.5. The second kappa shape index (κ2) is 15.3. The number of hydrogen-bond acceptors (Lipinski definition) is 6. The van der Waals surface area contributed by atoms with Crippen LogP contribution in [-0.2, 0) is 5.41 Å². The maximum absolute atomic E-state index is 7.57. The highest BCUT2D eigenvalue weighted by molar-refractivity contribution is 7.03. The van der Waals surface area contributed by atoms with E-state index in [0.717, 1.165) is 96.3 Å². The fourth-order valence-electron chi connectivity index (χ4n) is 12.3. The van der Waals surface area contributed by atoms with Crippen LogP contribution >= 0.6 is 0 Å². The van der Waals surface area contributed by atoms with E-state index in [2.05, 4.69) is 265 Å². The van der Waals surface area contributed by atoms with Crippen molar-refractivity contribution >= 4 is 114 Å². The monoisotopic (exact) mass is 924 g/mol. The van der Waals surface area contributed by atoms with E-state index in [0.29, 0.717) is 0 Å². The SMILES string of the molecule is CC(C)(C)c1cc2c3c(c1)N(c1ccccc1)c1cccc4c1B3c1cc3c(cc1N2c1ccccc1)N(c1ccccc1)c1cc(N(c2ccccc2)c2ccccc2)cc2c1B3c1c(cccc1O4)O2. The molecule has 5 aliphatic heterocycles. The van der Waals surface area contributed by atoms with E-state index in [4.69, 9.17) is 9.47 Å². The van der Waals surface area contributed by atoms with Gasteiger partial charge in [-0.25, -0.2) is 0 Å². The van der Waals surface area contributed by atoms with Gasteiger partial charge in [-0.1, -0.05) is 130 Å². The van der Waals surface area contributed by atoms with Crippen LogP contribution in [0.25, 0.3) is 0 Å². The van der Waals surface area contributed by atoms with Crippen molar-refractivity contribution in [3.8, 4) is 23.0 Å². The van der Waals surface area contributed by atoms with Gasteiger partial charge in [-0.2, -0.15) is 0 Å². The first-order valence-electron chi connectivity index (χ1n) is 25.0. The lowest BCUT2D eigenvalue weighted by Crippen LogP contribution is -2.65. The molecule has 6 nitrogen and oxygen atoms in total. The van der Waals surface area contributed by atoms with Gasteiger partial charge in [-0.3, -0.25) is 0 Å². The summed E-state index contributed by atoms with van der Waals surface area (Å²) in [6.07, 6.45) is 0. The third-order valence-electron chi connectivity index (χ3n) is 15.3. The lowest BCUT2D eigenvalue weighted by molar-refractivity contribution is 0.468. The molecule has 0 radical (unpaired) electrons. The number of hydrogen-bond donors (Lipinski definition) is 0. The summed E-state index contributed by atoms with van der Waals surface area (Å²) in [4.78, 5) is 9.84. The van der Waals surface area contributed by atoms with Gasteiger partial charge in [0.25, 0.3) is 13.4 Å². The summed E-state index contributed by atoms with van der Waals surface area (Å²) in [5, 5.41) is 0. The van der Waals surface area contributed by atoms with Crippen LogP contribution in [0.4, 0.5) is 68.2 Å². The predicted octanol–water partition coefficient (Wildman–Crippen LogP) is 13.0. The molecule has 0 saturated carbocycles. The van der Waals surface area contributed by atoms with Crippen molar-refractivity contribution in [2.24, 2.45) is 0 Å². The van der Waals surface area contributed by atoms with Crippen molar-refractivity contribution in [1.82, 2.24) is 0 Å². The molecule has 72 heavy (non-hydrogen) atoms. The van der Waals surface area contributed by atoms with Crippen LogP contribution in [0, 0.1) is 0 Å². The minimum Gasteiger partial charge on any atom is -0.458 e. The fourth-order valence-corrected chi connectivity index (χ4v) is 12.3. The molecule has 0 N–H and O–H groups in total. The maximum Gasteiger partial charge on any atom is 0.261 e. The first-order chi connectivity index (χ1) is 35.4. The molecule has 0 aliphatic carbocycles. The Labute approximate surface area is 420 Å². The second-order valence-corrected chi connectivity index (χ2v) is 20.5. The Hall–Kier alpha value is -8.87. The summed E-state index contributed by atoms with van der Waals surface area (Å²) in [7, 11) is 0. The summed E-state index contributed by atoms with van der Waals surface area (Å²) in [5.41, 5.74) is 21.2. The van der Waals surface area contributed by atoms with E-state index in [-0.39, 0.29) is 18.8 Å². The Morgan fingerprint density at radius 3 is 1.26 bits per heavy atom. The van der Waals surface area contributed by atoms with Crippen LogP contribution in [0.1, 0.15) is 26.3 Å². The standard InChI is InChI=1S/C64H46B2N4O2/c1-64(2,3)41-35-53-60-54(36-41)69(45-27-15-7-16-28-45)51-40-52-49-39-48(51)65(60)61-50(68(53)44-25-13-6-14-26-44)31-19-32-56(61)71-57-33-20-34-58-63(57)66(49)62-55(70(52)46-29-17-8-18-30-46)37-47(38-59(62)72-58)67(42-21-9-4-10-22-42)43-23-11-5-12-24-43/h4-40H,1-3H3. The lowest BCUT2D eigenvalue weighted by Gasteiger charge is -2.47. The topological polar surface area (TPSA) is 31.4 Å². The van der Waals surface area contributed by atoms with E-state index in [9.17, 15) is 0 Å².